The third-order valence-corrected chi connectivity index (χ3v) is 5.87. The first-order chi connectivity index (χ1) is 16.5. The van der Waals surface area contributed by atoms with Crippen molar-refractivity contribution in [3.63, 3.8) is 0 Å². The van der Waals surface area contributed by atoms with Gasteiger partial charge in [-0.15, -0.1) is 0 Å². The van der Waals surface area contributed by atoms with Gasteiger partial charge in [-0.05, 0) is 24.3 Å². The smallest absolute Gasteiger partial charge is 0.327 e. The summed E-state index contributed by atoms with van der Waals surface area (Å²) < 4.78 is 0. The fourth-order valence-corrected chi connectivity index (χ4v) is 3.43. The van der Waals surface area contributed by atoms with Crippen LogP contribution in [0.4, 0.5) is 0 Å². The molecule has 5 atom stereocenters. The Labute approximate surface area is 209 Å². The van der Waals surface area contributed by atoms with Gasteiger partial charge in [0.25, 0.3) is 0 Å². The Balaban J connectivity index is 2.98. The van der Waals surface area contributed by atoms with E-state index in [0.717, 1.165) is 5.56 Å². The first kappa shape index (κ1) is 29.9. The van der Waals surface area contributed by atoms with E-state index in [4.69, 9.17) is 10.8 Å². The Morgan fingerprint density at radius 1 is 0.943 bits per heavy atom. The summed E-state index contributed by atoms with van der Waals surface area (Å²) in [5.41, 5.74) is 6.80. The van der Waals surface area contributed by atoms with Crippen molar-refractivity contribution in [2.75, 3.05) is 5.75 Å². The standard InChI is InChI=1S/C23H34N4O7S/c1-3-13(2)19(22(32)26-17(12-35)23(33)34)27-21(31)16(9-10-18(28)29)25-20(30)15(24)11-14-7-5-4-6-8-14/h4-8,13,15-17,19,35H,3,9-12,24H2,1-2H3,(H,25,30)(H,26,32)(H,27,31)(H,28,29)(H,33,34). The number of carbonyl (C=O) groups is 5. The minimum absolute atomic E-state index is 0.154. The third kappa shape index (κ3) is 10.4. The molecule has 0 aliphatic heterocycles. The number of carboxylic acid groups (broad SMARTS) is 2. The van der Waals surface area contributed by atoms with Crippen LogP contribution in [0, 0.1) is 5.92 Å². The average Bonchev–Trinajstić information content (AvgIpc) is 2.82. The van der Waals surface area contributed by atoms with Crippen LogP contribution in [0.1, 0.15) is 38.7 Å². The Hall–Kier alpha value is -3.12. The van der Waals surface area contributed by atoms with Gasteiger partial charge < -0.3 is 31.9 Å². The number of carbonyl (C=O) groups excluding carboxylic acids is 3. The predicted molar refractivity (Wildman–Crippen MR) is 132 cm³/mol. The van der Waals surface area contributed by atoms with E-state index in [-0.39, 0.29) is 24.5 Å². The van der Waals surface area contributed by atoms with E-state index in [9.17, 15) is 29.1 Å². The average molecular weight is 511 g/mol. The van der Waals surface area contributed by atoms with Crippen LogP contribution < -0.4 is 21.7 Å². The molecular weight excluding hydrogens is 476 g/mol. The van der Waals surface area contributed by atoms with Crippen molar-refractivity contribution >= 4 is 42.3 Å². The predicted octanol–water partition coefficient (Wildman–Crippen LogP) is -0.0639. The van der Waals surface area contributed by atoms with Crippen molar-refractivity contribution < 1.29 is 34.2 Å². The van der Waals surface area contributed by atoms with E-state index >= 15 is 0 Å². The quantitative estimate of drug-likeness (QED) is 0.160. The molecule has 0 aromatic heterocycles. The van der Waals surface area contributed by atoms with Crippen LogP contribution in [-0.2, 0) is 30.4 Å². The summed E-state index contributed by atoms with van der Waals surface area (Å²) in [5.74, 6) is -5.13. The molecule has 0 heterocycles. The Bertz CT molecular complexity index is 884. The van der Waals surface area contributed by atoms with Gasteiger partial charge in [-0.25, -0.2) is 4.79 Å². The van der Waals surface area contributed by atoms with Crippen molar-refractivity contribution in [1.82, 2.24) is 16.0 Å². The number of nitrogens with one attached hydrogen (secondary N) is 3. The van der Waals surface area contributed by atoms with Crippen molar-refractivity contribution in [2.45, 2.75) is 63.7 Å². The largest absolute Gasteiger partial charge is 0.481 e. The molecular formula is C23H34N4O7S. The van der Waals surface area contributed by atoms with E-state index in [1.165, 1.54) is 0 Å². The molecule has 5 unspecified atom stereocenters. The lowest BCUT2D eigenvalue weighted by atomic mass is 9.97. The van der Waals surface area contributed by atoms with Crippen molar-refractivity contribution in [3.05, 3.63) is 35.9 Å². The Kier molecular flexibility index (Phi) is 12.8. The van der Waals surface area contributed by atoms with E-state index in [1.807, 2.05) is 6.07 Å². The molecule has 1 aromatic carbocycles. The topological polar surface area (TPSA) is 188 Å². The molecule has 1 rings (SSSR count). The number of nitrogens with two attached hydrogens (primary N) is 1. The highest BCUT2D eigenvalue weighted by molar-refractivity contribution is 7.80. The monoisotopic (exact) mass is 510 g/mol. The maximum absolute atomic E-state index is 13.0. The fraction of sp³-hybridized carbons (Fsp3) is 0.522. The molecule has 1 aromatic rings. The molecule has 0 fully saturated rings. The van der Waals surface area contributed by atoms with Gasteiger partial charge in [0.1, 0.15) is 18.1 Å². The minimum Gasteiger partial charge on any atom is -0.481 e. The van der Waals surface area contributed by atoms with Crippen molar-refractivity contribution in [2.24, 2.45) is 11.7 Å². The molecule has 0 saturated carbocycles. The number of thiol groups is 1. The second-order valence-corrected chi connectivity index (χ2v) is 8.61. The zero-order chi connectivity index (χ0) is 26.5. The zero-order valence-electron chi connectivity index (χ0n) is 19.8. The van der Waals surface area contributed by atoms with E-state index in [0.29, 0.717) is 6.42 Å². The lowest BCUT2D eigenvalue weighted by molar-refractivity contribution is -0.142. The maximum Gasteiger partial charge on any atom is 0.327 e. The first-order valence-electron chi connectivity index (χ1n) is 11.3. The van der Waals surface area contributed by atoms with Gasteiger partial charge in [-0.1, -0.05) is 50.6 Å². The molecule has 7 N–H and O–H groups in total. The van der Waals surface area contributed by atoms with Crippen LogP contribution in [0.15, 0.2) is 30.3 Å². The summed E-state index contributed by atoms with van der Waals surface area (Å²) in [6.07, 6.45) is 0.0463. The number of rotatable bonds is 15. The number of carboxylic acids is 2. The number of aliphatic carboxylic acids is 2. The molecule has 12 heteroatoms. The van der Waals surface area contributed by atoms with Gasteiger partial charge in [-0.2, -0.15) is 12.6 Å². The highest BCUT2D eigenvalue weighted by Crippen LogP contribution is 2.11. The normalized spacial score (nSPS) is 15.1. The molecule has 194 valence electrons. The first-order valence-corrected chi connectivity index (χ1v) is 11.9. The molecule has 35 heavy (non-hydrogen) atoms. The molecule has 0 saturated heterocycles. The van der Waals surface area contributed by atoms with Gasteiger partial charge >= 0.3 is 11.9 Å². The third-order valence-electron chi connectivity index (χ3n) is 5.51. The van der Waals surface area contributed by atoms with Crippen LogP contribution in [0.5, 0.6) is 0 Å². The molecule has 0 spiro atoms. The lowest BCUT2D eigenvalue weighted by Crippen LogP contribution is -2.59. The highest BCUT2D eigenvalue weighted by atomic mass is 32.1. The maximum atomic E-state index is 13.0. The van der Waals surface area contributed by atoms with Crippen molar-refractivity contribution in [3.8, 4) is 0 Å². The molecule has 0 aliphatic rings. The number of hydrogen-bond acceptors (Lipinski definition) is 7. The molecule has 11 nitrogen and oxygen atoms in total. The molecule has 0 aliphatic carbocycles. The summed E-state index contributed by atoms with van der Waals surface area (Å²) in [7, 11) is 0. The van der Waals surface area contributed by atoms with Crippen LogP contribution >= 0.6 is 12.6 Å². The summed E-state index contributed by atoms with van der Waals surface area (Å²) in [5, 5.41) is 25.6. The Morgan fingerprint density at radius 3 is 2.06 bits per heavy atom. The van der Waals surface area contributed by atoms with E-state index < -0.39 is 60.2 Å². The highest BCUT2D eigenvalue weighted by Gasteiger charge is 2.32. The molecule has 0 radical (unpaired) electrons. The van der Waals surface area contributed by atoms with Gasteiger partial charge in [0.15, 0.2) is 0 Å². The summed E-state index contributed by atoms with van der Waals surface area (Å²) >= 11 is 3.92. The number of amides is 3. The molecule has 3 amide bonds. The van der Waals surface area contributed by atoms with E-state index in [1.54, 1.807) is 38.1 Å². The number of benzene rings is 1. The van der Waals surface area contributed by atoms with Gasteiger partial charge in [-0.3, -0.25) is 19.2 Å². The van der Waals surface area contributed by atoms with Crippen LogP contribution in [0.3, 0.4) is 0 Å². The second kappa shape index (κ2) is 15.0. The Morgan fingerprint density at radius 2 is 1.54 bits per heavy atom. The van der Waals surface area contributed by atoms with Crippen LogP contribution in [0.2, 0.25) is 0 Å². The van der Waals surface area contributed by atoms with Gasteiger partial charge in [0, 0.05) is 12.2 Å². The fourth-order valence-electron chi connectivity index (χ4n) is 3.18. The lowest BCUT2D eigenvalue weighted by Gasteiger charge is -2.27. The summed E-state index contributed by atoms with van der Waals surface area (Å²) in [6.45, 7) is 3.48. The number of hydrogen-bond donors (Lipinski definition) is 7. The van der Waals surface area contributed by atoms with Gasteiger partial charge in [0.2, 0.25) is 17.7 Å². The van der Waals surface area contributed by atoms with E-state index in [2.05, 4.69) is 28.6 Å². The SMILES string of the molecule is CCC(C)C(NC(=O)C(CCC(=O)O)NC(=O)C(N)Cc1ccccc1)C(=O)NC(CS)C(=O)O. The second-order valence-electron chi connectivity index (χ2n) is 8.24. The van der Waals surface area contributed by atoms with Crippen LogP contribution in [-0.4, -0.2) is 69.8 Å². The van der Waals surface area contributed by atoms with Crippen LogP contribution in [0.25, 0.3) is 0 Å². The summed E-state index contributed by atoms with van der Waals surface area (Å²) in [6, 6.07) is 4.39. The zero-order valence-corrected chi connectivity index (χ0v) is 20.7. The van der Waals surface area contributed by atoms with Gasteiger partial charge in [0.05, 0.1) is 6.04 Å². The molecule has 0 bridgehead atoms. The van der Waals surface area contributed by atoms with Crippen molar-refractivity contribution in [1.29, 1.82) is 0 Å². The minimum atomic E-state index is -1.28. The summed E-state index contributed by atoms with van der Waals surface area (Å²) in [4.78, 5) is 60.8.